The molecular formula is C22H33N5O2. The van der Waals surface area contributed by atoms with Gasteiger partial charge in [-0.25, -0.2) is 9.97 Å². The minimum absolute atomic E-state index is 0.453. The average Bonchev–Trinajstić information content (AvgIpc) is 2.72. The van der Waals surface area contributed by atoms with E-state index in [0.717, 1.165) is 61.2 Å². The lowest BCUT2D eigenvalue weighted by atomic mass is 9.91. The van der Waals surface area contributed by atoms with Crippen LogP contribution in [0.1, 0.15) is 37.1 Å². The molecule has 3 rings (SSSR count). The van der Waals surface area contributed by atoms with Gasteiger partial charge in [0.15, 0.2) is 0 Å². The molecular weight excluding hydrogens is 366 g/mol. The Hall–Kier alpha value is -2.54. The summed E-state index contributed by atoms with van der Waals surface area (Å²) in [6.45, 7) is 2.75. The zero-order valence-electron chi connectivity index (χ0n) is 18.2. The molecule has 2 N–H and O–H groups in total. The minimum atomic E-state index is 0.453. The van der Waals surface area contributed by atoms with Crippen LogP contribution >= 0.6 is 0 Å². The quantitative estimate of drug-likeness (QED) is 0.705. The second kappa shape index (κ2) is 9.78. The molecule has 0 atom stereocenters. The lowest BCUT2D eigenvalue weighted by Crippen LogP contribution is -2.36. The molecule has 1 saturated carbocycles. The molecule has 1 aliphatic rings. The molecule has 0 spiro atoms. The Morgan fingerprint density at radius 1 is 0.931 bits per heavy atom. The number of rotatable bonds is 8. The minimum Gasteiger partial charge on any atom is -0.497 e. The molecule has 0 bridgehead atoms. The Balaban J connectivity index is 1.50. The predicted molar refractivity (Wildman–Crippen MR) is 117 cm³/mol. The molecule has 0 saturated heterocycles. The van der Waals surface area contributed by atoms with E-state index in [1.165, 1.54) is 5.56 Å². The van der Waals surface area contributed by atoms with Crippen molar-refractivity contribution in [2.75, 3.05) is 38.5 Å². The third-order valence-corrected chi connectivity index (χ3v) is 5.37. The van der Waals surface area contributed by atoms with Crippen LogP contribution in [0.15, 0.2) is 24.3 Å². The summed E-state index contributed by atoms with van der Waals surface area (Å²) >= 11 is 0. The van der Waals surface area contributed by atoms with E-state index in [1.54, 1.807) is 14.2 Å². The van der Waals surface area contributed by atoms with E-state index in [1.807, 2.05) is 38.1 Å². The van der Waals surface area contributed by atoms with E-state index < -0.39 is 0 Å². The normalized spacial score (nSPS) is 18.9. The number of methoxy groups -OCH3 is 2. The molecule has 1 heterocycles. The number of aromatic nitrogens is 2. The van der Waals surface area contributed by atoms with Crippen LogP contribution in [-0.2, 0) is 6.54 Å². The van der Waals surface area contributed by atoms with Crippen LogP contribution in [0, 0.1) is 6.92 Å². The summed E-state index contributed by atoms with van der Waals surface area (Å²) in [5.41, 5.74) is 1.18. The maximum absolute atomic E-state index is 5.36. The van der Waals surface area contributed by atoms with Crippen LogP contribution in [0.5, 0.6) is 11.5 Å². The lowest BCUT2D eigenvalue weighted by Gasteiger charge is -2.30. The van der Waals surface area contributed by atoms with Crippen molar-refractivity contribution in [3.63, 3.8) is 0 Å². The number of nitrogens with one attached hydrogen (secondary N) is 2. The highest BCUT2D eigenvalue weighted by molar-refractivity contribution is 5.49. The molecule has 0 unspecified atom stereocenters. The third kappa shape index (κ3) is 5.97. The topological polar surface area (TPSA) is 71.5 Å². The van der Waals surface area contributed by atoms with E-state index in [2.05, 4.69) is 32.7 Å². The molecule has 0 amide bonds. The van der Waals surface area contributed by atoms with Crippen LogP contribution < -0.4 is 25.0 Å². The maximum Gasteiger partial charge on any atom is 0.133 e. The van der Waals surface area contributed by atoms with Gasteiger partial charge >= 0.3 is 0 Å². The van der Waals surface area contributed by atoms with Crippen molar-refractivity contribution in [2.24, 2.45) is 0 Å². The molecule has 1 aromatic heterocycles. The molecule has 0 aliphatic heterocycles. The van der Waals surface area contributed by atoms with Crippen LogP contribution in [-0.4, -0.2) is 50.4 Å². The predicted octanol–water partition coefficient (Wildman–Crippen LogP) is 3.38. The van der Waals surface area contributed by atoms with E-state index >= 15 is 0 Å². The van der Waals surface area contributed by atoms with Gasteiger partial charge in [-0.1, -0.05) is 0 Å². The number of hydrogen-bond donors (Lipinski definition) is 2. The Kier molecular flexibility index (Phi) is 7.14. The van der Waals surface area contributed by atoms with Gasteiger partial charge in [0.2, 0.25) is 0 Å². The zero-order valence-corrected chi connectivity index (χ0v) is 18.2. The molecule has 7 heteroatoms. The fourth-order valence-electron chi connectivity index (χ4n) is 3.74. The molecule has 1 fully saturated rings. The Bertz CT molecular complexity index is 782. The van der Waals surface area contributed by atoms with Gasteiger partial charge in [0, 0.05) is 44.9 Å². The van der Waals surface area contributed by atoms with Crippen molar-refractivity contribution in [2.45, 2.75) is 51.2 Å². The number of anilines is 2. The first kappa shape index (κ1) is 21.2. The van der Waals surface area contributed by atoms with Crippen LogP contribution in [0.2, 0.25) is 0 Å². The molecule has 7 nitrogen and oxygen atoms in total. The van der Waals surface area contributed by atoms with E-state index in [0.29, 0.717) is 12.1 Å². The van der Waals surface area contributed by atoms with Crippen molar-refractivity contribution in [1.82, 2.24) is 15.3 Å². The second-order valence-electron chi connectivity index (χ2n) is 7.85. The number of ether oxygens (including phenoxy) is 2. The van der Waals surface area contributed by atoms with Crippen LogP contribution in [0.25, 0.3) is 0 Å². The lowest BCUT2D eigenvalue weighted by molar-refractivity contribution is 0.351. The molecule has 2 aromatic rings. The SMILES string of the molecule is COc1cc(CNC2CCC(Nc3cc(N(C)C)nc(C)n3)CC2)cc(OC)c1. The molecule has 1 aliphatic carbocycles. The summed E-state index contributed by atoms with van der Waals surface area (Å²) in [5.74, 6) is 4.30. The first-order valence-corrected chi connectivity index (χ1v) is 10.2. The third-order valence-electron chi connectivity index (χ3n) is 5.37. The van der Waals surface area contributed by atoms with Crippen LogP contribution in [0.3, 0.4) is 0 Å². The smallest absolute Gasteiger partial charge is 0.133 e. The Labute approximate surface area is 173 Å². The van der Waals surface area contributed by atoms with Gasteiger partial charge in [-0.05, 0) is 50.3 Å². The fraction of sp³-hybridized carbons (Fsp3) is 0.545. The first-order chi connectivity index (χ1) is 14.0. The van der Waals surface area contributed by atoms with Crippen molar-refractivity contribution in [3.8, 4) is 11.5 Å². The monoisotopic (exact) mass is 399 g/mol. The number of hydrogen-bond acceptors (Lipinski definition) is 7. The van der Waals surface area contributed by atoms with Crippen molar-refractivity contribution < 1.29 is 9.47 Å². The fourth-order valence-corrected chi connectivity index (χ4v) is 3.74. The molecule has 158 valence electrons. The molecule has 29 heavy (non-hydrogen) atoms. The van der Waals surface area contributed by atoms with Crippen molar-refractivity contribution in [3.05, 3.63) is 35.7 Å². The first-order valence-electron chi connectivity index (χ1n) is 10.2. The summed E-state index contributed by atoms with van der Waals surface area (Å²) < 4.78 is 10.7. The van der Waals surface area contributed by atoms with Gasteiger partial charge in [-0.15, -0.1) is 0 Å². The Morgan fingerprint density at radius 2 is 1.55 bits per heavy atom. The van der Waals surface area contributed by atoms with Crippen molar-refractivity contribution in [1.29, 1.82) is 0 Å². The van der Waals surface area contributed by atoms with Gasteiger partial charge in [-0.3, -0.25) is 0 Å². The summed E-state index contributed by atoms with van der Waals surface area (Å²) in [6, 6.07) is 9.01. The summed E-state index contributed by atoms with van der Waals surface area (Å²) in [4.78, 5) is 11.0. The highest BCUT2D eigenvalue weighted by Crippen LogP contribution is 2.25. The van der Waals surface area contributed by atoms with Crippen molar-refractivity contribution >= 4 is 11.6 Å². The highest BCUT2D eigenvalue weighted by Gasteiger charge is 2.21. The van der Waals surface area contributed by atoms with Crippen LogP contribution in [0.4, 0.5) is 11.6 Å². The average molecular weight is 400 g/mol. The summed E-state index contributed by atoms with van der Waals surface area (Å²) in [6.07, 6.45) is 4.53. The largest absolute Gasteiger partial charge is 0.497 e. The summed E-state index contributed by atoms with van der Waals surface area (Å²) in [7, 11) is 7.36. The van der Waals surface area contributed by atoms with Gasteiger partial charge in [-0.2, -0.15) is 0 Å². The molecule has 0 radical (unpaired) electrons. The Morgan fingerprint density at radius 3 is 2.14 bits per heavy atom. The summed E-state index contributed by atoms with van der Waals surface area (Å²) in [5, 5.41) is 7.29. The second-order valence-corrected chi connectivity index (χ2v) is 7.85. The van der Waals surface area contributed by atoms with Gasteiger partial charge in [0.1, 0.15) is 29.0 Å². The van der Waals surface area contributed by atoms with E-state index in [9.17, 15) is 0 Å². The number of nitrogens with zero attached hydrogens (tertiary/aromatic N) is 3. The van der Waals surface area contributed by atoms with E-state index in [4.69, 9.17) is 9.47 Å². The number of benzene rings is 1. The number of aryl methyl sites for hydroxylation is 1. The maximum atomic E-state index is 5.36. The highest BCUT2D eigenvalue weighted by atomic mass is 16.5. The molecule has 1 aromatic carbocycles. The van der Waals surface area contributed by atoms with Gasteiger partial charge < -0.3 is 25.0 Å². The zero-order chi connectivity index (χ0) is 20.8. The van der Waals surface area contributed by atoms with E-state index in [-0.39, 0.29) is 0 Å². The standard InChI is InChI=1S/C22H33N5O2/c1-15-24-21(13-22(25-15)27(2)3)26-18-8-6-17(7-9-18)23-14-16-10-19(28-4)12-20(11-16)29-5/h10-13,17-18,23H,6-9,14H2,1-5H3,(H,24,25,26). The van der Waals surface area contributed by atoms with Gasteiger partial charge in [0.25, 0.3) is 0 Å². The van der Waals surface area contributed by atoms with Gasteiger partial charge in [0.05, 0.1) is 14.2 Å².